The molecule has 0 atom stereocenters. The van der Waals surface area contributed by atoms with Crippen molar-refractivity contribution >= 4 is 11.6 Å². The Balaban J connectivity index is 2.15. The zero-order valence-electron chi connectivity index (χ0n) is 10.7. The van der Waals surface area contributed by atoms with Gasteiger partial charge in [0.05, 0.1) is 6.54 Å². The minimum absolute atomic E-state index is 0.418. The van der Waals surface area contributed by atoms with Gasteiger partial charge in [-0.25, -0.2) is 9.97 Å². The summed E-state index contributed by atoms with van der Waals surface area (Å²) in [4.78, 5) is 12.7. The quantitative estimate of drug-likeness (QED) is 0.838. The molecule has 0 aliphatic rings. The topological polar surface area (TPSA) is 103 Å². The summed E-state index contributed by atoms with van der Waals surface area (Å²) < 4.78 is 5.01. The average molecular weight is 248 g/mol. The lowest BCUT2D eigenvalue weighted by atomic mass is 10.3. The number of nitrogen functional groups attached to an aromatic ring is 1. The molecule has 7 nitrogen and oxygen atoms in total. The number of nitrogens with zero attached hydrogens (tertiary/aromatic N) is 4. The molecule has 0 fully saturated rings. The van der Waals surface area contributed by atoms with Crippen molar-refractivity contribution in [3.63, 3.8) is 0 Å². The number of rotatable bonds is 4. The molecule has 0 unspecified atom stereocenters. The van der Waals surface area contributed by atoms with Gasteiger partial charge in [0.1, 0.15) is 17.5 Å². The fourth-order valence-electron chi connectivity index (χ4n) is 1.48. The van der Waals surface area contributed by atoms with Crippen LogP contribution in [0.4, 0.5) is 11.6 Å². The fourth-order valence-corrected chi connectivity index (χ4v) is 1.48. The van der Waals surface area contributed by atoms with E-state index in [0.717, 1.165) is 12.0 Å². The van der Waals surface area contributed by atoms with Crippen LogP contribution in [0.15, 0.2) is 4.52 Å². The summed E-state index contributed by atoms with van der Waals surface area (Å²) in [5.74, 6) is 3.03. The van der Waals surface area contributed by atoms with E-state index in [1.165, 1.54) is 0 Å². The minimum Gasteiger partial charge on any atom is -0.383 e. The minimum atomic E-state index is 0.418. The van der Waals surface area contributed by atoms with E-state index in [-0.39, 0.29) is 0 Å². The summed E-state index contributed by atoms with van der Waals surface area (Å²) in [5.41, 5.74) is 6.65. The van der Waals surface area contributed by atoms with Crippen LogP contribution in [0.5, 0.6) is 0 Å². The highest BCUT2D eigenvalue weighted by atomic mass is 16.5. The van der Waals surface area contributed by atoms with Crippen molar-refractivity contribution in [1.29, 1.82) is 0 Å². The van der Waals surface area contributed by atoms with Gasteiger partial charge < -0.3 is 15.6 Å². The van der Waals surface area contributed by atoms with Gasteiger partial charge in [-0.05, 0) is 13.8 Å². The first-order chi connectivity index (χ1) is 8.60. The molecule has 0 bridgehead atoms. The van der Waals surface area contributed by atoms with Crippen molar-refractivity contribution < 1.29 is 4.52 Å². The van der Waals surface area contributed by atoms with Gasteiger partial charge in [0.15, 0.2) is 5.82 Å². The molecule has 2 aromatic rings. The van der Waals surface area contributed by atoms with Crippen LogP contribution in [0, 0.1) is 13.8 Å². The van der Waals surface area contributed by atoms with Gasteiger partial charge in [-0.2, -0.15) is 4.98 Å². The van der Waals surface area contributed by atoms with Gasteiger partial charge in [-0.15, -0.1) is 0 Å². The van der Waals surface area contributed by atoms with Gasteiger partial charge in [0, 0.05) is 12.0 Å². The molecule has 0 amide bonds. The summed E-state index contributed by atoms with van der Waals surface area (Å²) in [6.07, 6.45) is 0.735. The first kappa shape index (κ1) is 12.3. The Hall–Kier alpha value is -2.18. The third-order valence-electron chi connectivity index (χ3n) is 2.52. The van der Waals surface area contributed by atoms with E-state index in [9.17, 15) is 0 Å². The number of anilines is 2. The van der Waals surface area contributed by atoms with Gasteiger partial charge in [0.25, 0.3) is 0 Å². The second kappa shape index (κ2) is 4.99. The smallest absolute Gasteiger partial charge is 0.245 e. The van der Waals surface area contributed by atoms with E-state index in [1.54, 1.807) is 6.92 Å². The summed E-state index contributed by atoms with van der Waals surface area (Å²) in [6, 6.07) is 0. The Labute approximate surface area is 105 Å². The summed E-state index contributed by atoms with van der Waals surface area (Å²) in [7, 11) is 0. The third-order valence-corrected chi connectivity index (χ3v) is 2.52. The Kier molecular flexibility index (Phi) is 3.40. The van der Waals surface area contributed by atoms with Crippen molar-refractivity contribution in [3.05, 3.63) is 23.1 Å². The summed E-state index contributed by atoms with van der Waals surface area (Å²) in [5, 5.41) is 6.85. The Morgan fingerprint density at radius 3 is 2.61 bits per heavy atom. The number of nitrogens with one attached hydrogen (secondary N) is 1. The molecule has 3 N–H and O–H groups in total. The van der Waals surface area contributed by atoms with Crippen molar-refractivity contribution in [2.24, 2.45) is 0 Å². The van der Waals surface area contributed by atoms with E-state index in [2.05, 4.69) is 25.4 Å². The molecular weight excluding hydrogens is 232 g/mol. The van der Waals surface area contributed by atoms with Gasteiger partial charge in [0.2, 0.25) is 5.89 Å². The Bertz CT molecular complexity index is 550. The maximum atomic E-state index is 5.83. The van der Waals surface area contributed by atoms with Crippen molar-refractivity contribution in [1.82, 2.24) is 20.1 Å². The predicted octanol–water partition coefficient (Wildman–Crippen LogP) is 1.23. The first-order valence-electron chi connectivity index (χ1n) is 5.76. The molecule has 0 aliphatic carbocycles. The highest BCUT2D eigenvalue weighted by Gasteiger charge is 2.09. The first-order valence-corrected chi connectivity index (χ1v) is 5.76. The predicted molar refractivity (Wildman–Crippen MR) is 66.9 cm³/mol. The van der Waals surface area contributed by atoms with Gasteiger partial charge in [-0.1, -0.05) is 12.1 Å². The van der Waals surface area contributed by atoms with Gasteiger partial charge in [-0.3, -0.25) is 0 Å². The molecule has 0 aromatic carbocycles. The zero-order valence-corrected chi connectivity index (χ0v) is 10.7. The van der Waals surface area contributed by atoms with Crippen molar-refractivity contribution in [2.75, 3.05) is 11.1 Å². The number of aryl methyl sites for hydroxylation is 2. The normalized spacial score (nSPS) is 10.6. The molecule has 0 saturated heterocycles. The second-order valence-electron chi connectivity index (χ2n) is 3.94. The fraction of sp³-hybridized carbons (Fsp3) is 0.455. The molecular formula is C11H16N6O. The maximum absolute atomic E-state index is 5.83. The zero-order chi connectivity index (χ0) is 13.1. The molecule has 2 heterocycles. The van der Waals surface area contributed by atoms with E-state index in [4.69, 9.17) is 10.3 Å². The molecule has 0 spiro atoms. The summed E-state index contributed by atoms with van der Waals surface area (Å²) >= 11 is 0. The van der Waals surface area contributed by atoms with Crippen LogP contribution in [0.25, 0.3) is 0 Å². The van der Waals surface area contributed by atoms with Crippen molar-refractivity contribution in [2.45, 2.75) is 33.7 Å². The lowest BCUT2D eigenvalue weighted by molar-refractivity contribution is 0.379. The monoisotopic (exact) mass is 248 g/mol. The highest BCUT2D eigenvalue weighted by Crippen LogP contribution is 2.18. The van der Waals surface area contributed by atoms with Gasteiger partial charge >= 0.3 is 0 Å². The molecule has 0 aliphatic heterocycles. The molecule has 0 radical (unpaired) electrons. The highest BCUT2D eigenvalue weighted by molar-refractivity contribution is 5.54. The van der Waals surface area contributed by atoms with E-state index >= 15 is 0 Å². The maximum Gasteiger partial charge on any atom is 0.245 e. The molecule has 18 heavy (non-hydrogen) atoms. The number of hydrogen-bond donors (Lipinski definition) is 2. The number of hydrogen-bond acceptors (Lipinski definition) is 7. The van der Waals surface area contributed by atoms with E-state index in [0.29, 0.717) is 35.7 Å². The van der Waals surface area contributed by atoms with E-state index < -0.39 is 0 Å². The van der Waals surface area contributed by atoms with Crippen LogP contribution in [-0.2, 0) is 13.0 Å². The lowest BCUT2D eigenvalue weighted by Crippen LogP contribution is -2.09. The third kappa shape index (κ3) is 2.55. The summed E-state index contributed by atoms with van der Waals surface area (Å²) in [6.45, 7) is 6.04. The van der Waals surface area contributed by atoms with Crippen LogP contribution in [-0.4, -0.2) is 20.1 Å². The Morgan fingerprint density at radius 1 is 1.22 bits per heavy atom. The number of aromatic nitrogens is 4. The molecule has 0 saturated carbocycles. The molecule has 7 heteroatoms. The lowest BCUT2D eigenvalue weighted by Gasteiger charge is -2.09. The molecule has 2 aromatic heterocycles. The SMILES string of the molecule is CCc1nc(N)c(C)c(NCc2nc(C)no2)n1. The Morgan fingerprint density at radius 2 is 2.00 bits per heavy atom. The van der Waals surface area contributed by atoms with Crippen LogP contribution in [0.3, 0.4) is 0 Å². The van der Waals surface area contributed by atoms with Crippen LogP contribution >= 0.6 is 0 Å². The second-order valence-corrected chi connectivity index (χ2v) is 3.94. The molecule has 2 rings (SSSR count). The van der Waals surface area contributed by atoms with Crippen LogP contribution in [0.2, 0.25) is 0 Å². The molecule has 96 valence electrons. The largest absolute Gasteiger partial charge is 0.383 e. The van der Waals surface area contributed by atoms with Crippen molar-refractivity contribution in [3.8, 4) is 0 Å². The van der Waals surface area contributed by atoms with Crippen LogP contribution in [0.1, 0.15) is 30.0 Å². The number of nitrogens with two attached hydrogens (primary N) is 1. The van der Waals surface area contributed by atoms with E-state index in [1.807, 2.05) is 13.8 Å². The standard InChI is InChI=1S/C11H16N6O/c1-4-8-15-10(12)6(2)11(16-8)13-5-9-14-7(3)17-18-9/h4-5H2,1-3H3,(H3,12,13,15,16). The average Bonchev–Trinajstić information content (AvgIpc) is 2.77. The van der Waals surface area contributed by atoms with Crippen LogP contribution < -0.4 is 11.1 Å².